The van der Waals surface area contributed by atoms with E-state index in [0.717, 1.165) is 55.6 Å². The van der Waals surface area contributed by atoms with Crippen LogP contribution in [0.15, 0.2) is 178 Å². The summed E-state index contributed by atoms with van der Waals surface area (Å²) in [7, 11) is 0. The second-order valence-corrected chi connectivity index (χ2v) is 11.8. The summed E-state index contributed by atoms with van der Waals surface area (Å²) in [5.74, 6) is 1.49. The third-order valence-corrected chi connectivity index (χ3v) is 8.95. The highest BCUT2D eigenvalue weighted by Crippen LogP contribution is 2.40. The SMILES string of the molecule is c1ccc(C2=NC(c3cccc4oc5c(-c6ccc(-c7ccc8ccccc8c7)cc6)cccc5c34)NC(c3ccccc3)=N2)cc1. The molecular formula is C43H29N3O. The maximum atomic E-state index is 6.65. The summed E-state index contributed by atoms with van der Waals surface area (Å²) in [5.41, 5.74) is 9.30. The first-order chi connectivity index (χ1) is 23.3. The van der Waals surface area contributed by atoms with E-state index in [9.17, 15) is 0 Å². The van der Waals surface area contributed by atoms with E-state index in [4.69, 9.17) is 14.4 Å². The third kappa shape index (κ3) is 4.88. The van der Waals surface area contributed by atoms with Crippen molar-refractivity contribution in [3.63, 3.8) is 0 Å². The van der Waals surface area contributed by atoms with E-state index in [1.54, 1.807) is 0 Å². The number of aliphatic imine (C=N–C) groups is 2. The van der Waals surface area contributed by atoms with Gasteiger partial charge in [0.15, 0.2) is 5.84 Å². The van der Waals surface area contributed by atoms with Gasteiger partial charge >= 0.3 is 0 Å². The Morgan fingerprint density at radius 2 is 1.19 bits per heavy atom. The maximum absolute atomic E-state index is 6.65. The van der Waals surface area contributed by atoms with Crippen LogP contribution in [0.1, 0.15) is 22.9 Å². The zero-order valence-corrected chi connectivity index (χ0v) is 25.5. The van der Waals surface area contributed by atoms with Crippen molar-refractivity contribution >= 4 is 44.4 Å². The van der Waals surface area contributed by atoms with E-state index < -0.39 is 0 Å². The molecule has 1 N–H and O–H groups in total. The highest BCUT2D eigenvalue weighted by atomic mass is 16.3. The molecule has 1 aliphatic heterocycles. The van der Waals surface area contributed by atoms with Gasteiger partial charge in [-0.3, -0.25) is 0 Å². The molecule has 9 rings (SSSR count). The lowest BCUT2D eigenvalue weighted by Gasteiger charge is -2.24. The smallest absolute Gasteiger partial charge is 0.159 e. The fourth-order valence-corrected chi connectivity index (χ4v) is 6.61. The molecule has 0 radical (unpaired) electrons. The molecule has 0 fully saturated rings. The summed E-state index contributed by atoms with van der Waals surface area (Å²) in [4.78, 5) is 10.1. The number of furan rings is 1. The number of hydrogen-bond donors (Lipinski definition) is 1. The predicted molar refractivity (Wildman–Crippen MR) is 194 cm³/mol. The summed E-state index contributed by atoms with van der Waals surface area (Å²) >= 11 is 0. The van der Waals surface area contributed by atoms with Crippen LogP contribution in [0, 0.1) is 0 Å². The fourth-order valence-electron chi connectivity index (χ4n) is 6.61. The monoisotopic (exact) mass is 603 g/mol. The maximum Gasteiger partial charge on any atom is 0.159 e. The van der Waals surface area contributed by atoms with Crippen LogP contribution in [0.25, 0.3) is 55.0 Å². The summed E-state index contributed by atoms with van der Waals surface area (Å²) in [6, 6.07) is 56.9. The quantitative estimate of drug-likeness (QED) is 0.213. The zero-order valence-electron chi connectivity index (χ0n) is 25.5. The normalized spacial score (nSPS) is 14.6. The van der Waals surface area contributed by atoms with Crippen molar-refractivity contribution in [3.05, 3.63) is 180 Å². The molecule has 1 atom stereocenters. The second kappa shape index (κ2) is 11.3. The van der Waals surface area contributed by atoms with E-state index in [0.29, 0.717) is 5.84 Å². The number of nitrogens with one attached hydrogen (secondary N) is 1. The predicted octanol–water partition coefficient (Wildman–Crippen LogP) is 10.6. The van der Waals surface area contributed by atoms with Crippen molar-refractivity contribution in [3.8, 4) is 22.3 Å². The Morgan fingerprint density at radius 3 is 2.00 bits per heavy atom. The highest BCUT2D eigenvalue weighted by molar-refractivity contribution is 6.14. The number of benzene rings is 7. The number of nitrogens with zero attached hydrogens (tertiary/aromatic N) is 2. The molecule has 2 heterocycles. The first-order valence-corrected chi connectivity index (χ1v) is 15.9. The van der Waals surface area contributed by atoms with Gasteiger partial charge in [-0.1, -0.05) is 152 Å². The molecule has 0 aliphatic carbocycles. The Balaban J connectivity index is 1.13. The first kappa shape index (κ1) is 27.1. The van der Waals surface area contributed by atoms with Gasteiger partial charge in [-0.2, -0.15) is 0 Å². The van der Waals surface area contributed by atoms with E-state index >= 15 is 0 Å². The van der Waals surface area contributed by atoms with Crippen molar-refractivity contribution in [2.45, 2.75) is 6.17 Å². The molecule has 1 aliphatic rings. The Labute approximate surface area is 272 Å². The van der Waals surface area contributed by atoms with E-state index in [2.05, 4.69) is 121 Å². The Kier molecular flexibility index (Phi) is 6.50. The molecular weight excluding hydrogens is 574 g/mol. The summed E-state index contributed by atoms with van der Waals surface area (Å²) in [5, 5.41) is 8.24. The zero-order chi connectivity index (χ0) is 31.2. The molecule has 7 aromatic carbocycles. The standard InChI is InChI=1S/C43H29N3O/c1-3-12-31(13-4-1)41-44-42(32-14-5-2-6-15-32)46-43(45-41)37-19-10-20-38-39(37)36-18-9-17-35(40(36)47-38)30-24-21-29(22-25-30)34-26-23-28-11-7-8-16-33(28)27-34/h1-27,43H,(H,44,45,46). The van der Waals surface area contributed by atoms with Crippen molar-refractivity contribution < 1.29 is 4.42 Å². The molecule has 1 unspecified atom stereocenters. The molecule has 4 nitrogen and oxygen atoms in total. The average Bonchev–Trinajstić information content (AvgIpc) is 3.55. The van der Waals surface area contributed by atoms with Crippen LogP contribution in [-0.2, 0) is 0 Å². The highest BCUT2D eigenvalue weighted by Gasteiger charge is 2.25. The number of rotatable bonds is 5. The summed E-state index contributed by atoms with van der Waals surface area (Å²) < 4.78 is 6.65. The van der Waals surface area contributed by atoms with Crippen molar-refractivity contribution in [2.24, 2.45) is 9.98 Å². The molecule has 0 bridgehead atoms. The molecule has 0 saturated heterocycles. The minimum atomic E-state index is -0.354. The lowest BCUT2D eigenvalue weighted by molar-refractivity contribution is 0.663. The van der Waals surface area contributed by atoms with Crippen LogP contribution in [0.5, 0.6) is 0 Å². The van der Waals surface area contributed by atoms with Gasteiger partial charge in [0.25, 0.3) is 0 Å². The number of amidine groups is 2. The van der Waals surface area contributed by atoms with Gasteiger partial charge in [0.05, 0.1) is 0 Å². The molecule has 0 spiro atoms. The van der Waals surface area contributed by atoms with Crippen LogP contribution < -0.4 is 5.32 Å². The minimum Gasteiger partial charge on any atom is -0.455 e. The fraction of sp³-hybridized carbons (Fsp3) is 0.0233. The number of para-hydroxylation sites is 1. The topological polar surface area (TPSA) is 49.9 Å². The summed E-state index contributed by atoms with van der Waals surface area (Å²) in [6.45, 7) is 0. The molecule has 8 aromatic rings. The van der Waals surface area contributed by atoms with E-state index in [-0.39, 0.29) is 6.17 Å². The Hall–Kier alpha value is -6.26. The van der Waals surface area contributed by atoms with Crippen molar-refractivity contribution in [2.75, 3.05) is 0 Å². The van der Waals surface area contributed by atoms with Crippen molar-refractivity contribution in [1.82, 2.24) is 5.32 Å². The third-order valence-electron chi connectivity index (χ3n) is 8.95. The molecule has 222 valence electrons. The Bertz CT molecular complexity index is 2480. The van der Waals surface area contributed by atoms with E-state index in [1.807, 2.05) is 48.5 Å². The van der Waals surface area contributed by atoms with Gasteiger partial charge < -0.3 is 9.73 Å². The number of hydrogen-bond acceptors (Lipinski definition) is 4. The molecule has 0 saturated carbocycles. The lowest BCUT2D eigenvalue weighted by Crippen LogP contribution is -2.33. The van der Waals surface area contributed by atoms with Crippen molar-refractivity contribution in [1.29, 1.82) is 0 Å². The van der Waals surface area contributed by atoms with Gasteiger partial charge in [-0.25, -0.2) is 9.98 Å². The van der Waals surface area contributed by atoms with Gasteiger partial charge in [-0.15, -0.1) is 0 Å². The molecule has 47 heavy (non-hydrogen) atoms. The largest absolute Gasteiger partial charge is 0.455 e. The first-order valence-electron chi connectivity index (χ1n) is 15.9. The van der Waals surface area contributed by atoms with Crippen LogP contribution in [0.3, 0.4) is 0 Å². The van der Waals surface area contributed by atoms with Crippen LogP contribution >= 0.6 is 0 Å². The van der Waals surface area contributed by atoms with Gasteiger partial charge in [0, 0.05) is 33.0 Å². The minimum absolute atomic E-state index is 0.354. The second-order valence-electron chi connectivity index (χ2n) is 11.8. The molecule has 4 heteroatoms. The van der Waals surface area contributed by atoms with Crippen LogP contribution in [0.2, 0.25) is 0 Å². The van der Waals surface area contributed by atoms with Crippen LogP contribution in [-0.4, -0.2) is 11.7 Å². The summed E-state index contributed by atoms with van der Waals surface area (Å²) in [6.07, 6.45) is -0.354. The van der Waals surface area contributed by atoms with Gasteiger partial charge in [0.1, 0.15) is 23.2 Å². The Morgan fingerprint density at radius 1 is 0.511 bits per heavy atom. The van der Waals surface area contributed by atoms with Crippen LogP contribution in [0.4, 0.5) is 0 Å². The molecule has 1 aromatic heterocycles. The van der Waals surface area contributed by atoms with E-state index in [1.165, 1.54) is 21.9 Å². The lowest BCUT2D eigenvalue weighted by atomic mass is 9.96. The average molecular weight is 604 g/mol. The number of fused-ring (bicyclic) bond motifs is 4. The van der Waals surface area contributed by atoms with Gasteiger partial charge in [-0.05, 0) is 39.6 Å². The van der Waals surface area contributed by atoms with Gasteiger partial charge in [0.2, 0.25) is 0 Å². The molecule has 0 amide bonds.